The van der Waals surface area contributed by atoms with Gasteiger partial charge in [-0.1, -0.05) is 17.8 Å². The fourth-order valence-corrected chi connectivity index (χ4v) is 2.72. The number of nitrogens with one attached hydrogen (secondary N) is 1. The molecule has 0 saturated heterocycles. The fourth-order valence-electron chi connectivity index (χ4n) is 1.73. The van der Waals surface area contributed by atoms with Crippen LogP contribution in [0.4, 0.5) is 5.13 Å². The number of carbonyl (C=O) groups is 2. The highest BCUT2D eigenvalue weighted by molar-refractivity contribution is 7.17. The second-order valence-electron chi connectivity index (χ2n) is 4.75. The van der Waals surface area contributed by atoms with Crippen LogP contribution in [0.3, 0.4) is 0 Å². The third-order valence-corrected chi connectivity index (χ3v) is 4.16. The van der Waals surface area contributed by atoms with Gasteiger partial charge in [0.25, 0.3) is 5.91 Å². The van der Waals surface area contributed by atoms with Crippen LogP contribution in [-0.2, 0) is 4.79 Å². The maximum atomic E-state index is 11.8. The van der Waals surface area contributed by atoms with Crippen molar-refractivity contribution in [1.82, 2.24) is 9.88 Å². The Balaban J connectivity index is 2.08. The smallest absolute Gasteiger partial charge is 0.265 e. The summed E-state index contributed by atoms with van der Waals surface area (Å²) in [6.45, 7) is 1.78. The van der Waals surface area contributed by atoms with Gasteiger partial charge in [0, 0.05) is 20.0 Å². The van der Waals surface area contributed by atoms with Crippen molar-refractivity contribution >= 4 is 28.3 Å². The van der Waals surface area contributed by atoms with E-state index in [0.717, 1.165) is 19.3 Å². The number of amides is 2. The number of anilines is 1. The normalized spacial score (nSPS) is 15.1. The highest BCUT2D eigenvalue weighted by Crippen LogP contribution is 2.29. The van der Waals surface area contributed by atoms with Gasteiger partial charge in [-0.2, -0.15) is 0 Å². The van der Waals surface area contributed by atoms with Crippen LogP contribution >= 0.6 is 11.3 Å². The summed E-state index contributed by atoms with van der Waals surface area (Å²) in [5, 5.41) is 3.32. The van der Waals surface area contributed by atoms with Crippen LogP contribution < -0.4 is 5.32 Å². The number of aromatic nitrogens is 1. The van der Waals surface area contributed by atoms with E-state index in [1.165, 1.54) is 16.2 Å². The highest BCUT2D eigenvalue weighted by Gasteiger charge is 2.26. The molecule has 1 heterocycles. The Morgan fingerprint density at radius 3 is 2.56 bits per heavy atom. The van der Waals surface area contributed by atoms with Crippen LogP contribution in [0.1, 0.15) is 34.6 Å². The molecule has 1 aliphatic carbocycles. The van der Waals surface area contributed by atoms with E-state index in [2.05, 4.69) is 10.3 Å². The molecule has 0 radical (unpaired) electrons. The zero-order chi connectivity index (χ0) is 13.3. The number of aryl methyl sites for hydroxylation is 1. The Hall–Kier alpha value is -1.43. The van der Waals surface area contributed by atoms with Gasteiger partial charge in [-0.25, -0.2) is 4.98 Å². The quantitative estimate of drug-likeness (QED) is 0.909. The van der Waals surface area contributed by atoms with E-state index in [1.807, 2.05) is 0 Å². The van der Waals surface area contributed by atoms with Gasteiger partial charge in [0.15, 0.2) is 5.13 Å². The minimum Gasteiger partial charge on any atom is -0.344 e. The summed E-state index contributed by atoms with van der Waals surface area (Å²) in [6.07, 6.45) is 3.04. The van der Waals surface area contributed by atoms with Crippen molar-refractivity contribution in [2.24, 2.45) is 5.92 Å². The Kier molecular flexibility index (Phi) is 3.65. The predicted octanol–water partition coefficient (Wildman–Crippen LogP) is 1.89. The van der Waals surface area contributed by atoms with Gasteiger partial charge >= 0.3 is 0 Å². The number of rotatable bonds is 3. The summed E-state index contributed by atoms with van der Waals surface area (Å²) in [6, 6.07) is 0. The first kappa shape index (κ1) is 13.0. The molecule has 1 aliphatic rings. The van der Waals surface area contributed by atoms with E-state index in [4.69, 9.17) is 0 Å². The summed E-state index contributed by atoms with van der Waals surface area (Å²) in [5.41, 5.74) is 0.669. The minimum absolute atomic E-state index is 0.0267. The average molecular weight is 267 g/mol. The first-order valence-electron chi connectivity index (χ1n) is 5.99. The molecular formula is C12H17N3O2S. The first-order chi connectivity index (χ1) is 8.49. The monoisotopic (exact) mass is 267 g/mol. The van der Waals surface area contributed by atoms with E-state index in [0.29, 0.717) is 15.7 Å². The maximum Gasteiger partial charge on any atom is 0.265 e. The number of nitrogens with zero attached hydrogens (tertiary/aromatic N) is 2. The predicted molar refractivity (Wildman–Crippen MR) is 70.8 cm³/mol. The molecule has 98 valence electrons. The molecule has 1 saturated carbocycles. The van der Waals surface area contributed by atoms with E-state index < -0.39 is 0 Å². The van der Waals surface area contributed by atoms with E-state index in [9.17, 15) is 9.59 Å². The first-order valence-corrected chi connectivity index (χ1v) is 6.80. The molecule has 2 amide bonds. The lowest BCUT2D eigenvalue weighted by Crippen LogP contribution is -2.27. The molecule has 1 aromatic rings. The largest absolute Gasteiger partial charge is 0.344 e. The summed E-state index contributed by atoms with van der Waals surface area (Å²) in [7, 11) is 3.40. The van der Waals surface area contributed by atoms with Gasteiger partial charge in [0.05, 0.1) is 5.69 Å². The molecule has 1 fully saturated rings. The molecule has 1 aromatic heterocycles. The van der Waals surface area contributed by atoms with Crippen molar-refractivity contribution < 1.29 is 9.59 Å². The van der Waals surface area contributed by atoms with Crippen molar-refractivity contribution in [2.75, 3.05) is 19.4 Å². The topological polar surface area (TPSA) is 62.3 Å². The second-order valence-corrected chi connectivity index (χ2v) is 5.75. The summed E-state index contributed by atoms with van der Waals surface area (Å²) < 4.78 is 0. The molecule has 1 N–H and O–H groups in total. The standard InChI is InChI=1S/C12H17N3O2S/c1-7-9(11(17)15(2)3)18-12(13-7)14-10(16)8-5-4-6-8/h8H,4-6H2,1-3H3,(H,13,14,16). The fraction of sp³-hybridized carbons (Fsp3) is 0.583. The molecule has 0 aromatic carbocycles. The van der Waals surface area contributed by atoms with Crippen LogP contribution in [0.15, 0.2) is 0 Å². The molecule has 0 bridgehead atoms. The zero-order valence-corrected chi connectivity index (χ0v) is 11.6. The van der Waals surface area contributed by atoms with Gasteiger partial charge in [-0.3, -0.25) is 9.59 Å². The summed E-state index contributed by atoms with van der Waals surface area (Å²) in [5.74, 6) is 0.0789. The average Bonchev–Trinajstić information content (AvgIpc) is 2.55. The molecular weight excluding hydrogens is 250 g/mol. The van der Waals surface area contributed by atoms with Crippen LogP contribution in [0, 0.1) is 12.8 Å². The Bertz CT molecular complexity index is 478. The van der Waals surface area contributed by atoms with Crippen molar-refractivity contribution in [3.05, 3.63) is 10.6 Å². The lowest BCUT2D eigenvalue weighted by atomic mass is 9.85. The molecule has 6 heteroatoms. The zero-order valence-electron chi connectivity index (χ0n) is 10.8. The van der Waals surface area contributed by atoms with Gasteiger partial charge in [0.2, 0.25) is 5.91 Å². The number of hydrogen-bond acceptors (Lipinski definition) is 4. The van der Waals surface area contributed by atoms with Gasteiger partial charge < -0.3 is 10.2 Å². The van der Waals surface area contributed by atoms with E-state index in [1.54, 1.807) is 21.0 Å². The van der Waals surface area contributed by atoms with Crippen molar-refractivity contribution in [1.29, 1.82) is 0 Å². The van der Waals surface area contributed by atoms with E-state index in [-0.39, 0.29) is 17.7 Å². The van der Waals surface area contributed by atoms with Gasteiger partial charge in [0.1, 0.15) is 4.88 Å². The van der Waals surface area contributed by atoms with Crippen LogP contribution in [0.2, 0.25) is 0 Å². The van der Waals surface area contributed by atoms with Gasteiger partial charge in [-0.15, -0.1) is 0 Å². The van der Waals surface area contributed by atoms with Crippen LogP contribution in [0.25, 0.3) is 0 Å². The molecule has 0 spiro atoms. The van der Waals surface area contributed by atoms with Crippen LogP contribution in [0.5, 0.6) is 0 Å². The van der Waals surface area contributed by atoms with Crippen molar-refractivity contribution in [3.63, 3.8) is 0 Å². The third kappa shape index (κ3) is 2.53. The van der Waals surface area contributed by atoms with E-state index >= 15 is 0 Å². The molecule has 18 heavy (non-hydrogen) atoms. The molecule has 0 atom stereocenters. The summed E-state index contributed by atoms with van der Waals surface area (Å²) >= 11 is 1.24. The van der Waals surface area contributed by atoms with Crippen molar-refractivity contribution in [2.45, 2.75) is 26.2 Å². The SMILES string of the molecule is Cc1nc(NC(=O)C2CCC2)sc1C(=O)N(C)C. The van der Waals surface area contributed by atoms with Crippen molar-refractivity contribution in [3.8, 4) is 0 Å². The molecule has 5 nitrogen and oxygen atoms in total. The third-order valence-electron chi connectivity index (χ3n) is 3.10. The second kappa shape index (κ2) is 5.06. The number of hydrogen-bond donors (Lipinski definition) is 1. The number of thiazole rings is 1. The lowest BCUT2D eigenvalue weighted by Gasteiger charge is -2.23. The van der Waals surface area contributed by atoms with Crippen LogP contribution in [-0.4, -0.2) is 35.8 Å². The Morgan fingerprint density at radius 2 is 2.06 bits per heavy atom. The Morgan fingerprint density at radius 1 is 1.39 bits per heavy atom. The highest BCUT2D eigenvalue weighted by atomic mass is 32.1. The number of carbonyl (C=O) groups excluding carboxylic acids is 2. The maximum absolute atomic E-state index is 11.8. The van der Waals surface area contributed by atoms with Gasteiger partial charge in [-0.05, 0) is 19.8 Å². The lowest BCUT2D eigenvalue weighted by molar-refractivity contribution is -0.122. The molecule has 2 rings (SSSR count). The summed E-state index contributed by atoms with van der Waals surface area (Å²) in [4.78, 5) is 30.0. The molecule has 0 aliphatic heterocycles. The minimum atomic E-state index is -0.0749. The molecule has 0 unspecified atom stereocenters. The Labute approximate surface area is 110 Å².